The normalized spacial score (nSPS) is 16.4. The zero-order valence-corrected chi connectivity index (χ0v) is 30.8. The van der Waals surface area contributed by atoms with Crippen LogP contribution < -0.4 is 16.0 Å². The third kappa shape index (κ3) is 8.43. The van der Waals surface area contributed by atoms with Crippen LogP contribution in [0.1, 0.15) is 52.0 Å². The van der Waals surface area contributed by atoms with Crippen molar-refractivity contribution in [1.29, 1.82) is 0 Å². The lowest BCUT2D eigenvalue weighted by Crippen LogP contribution is -2.43. The van der Waals surface area contributed by atoms with Crippen molar-refractivity contribution >= 4 is 32.7 Å². The molecular weight excluding hydrogens is 673 g/mol. The van der Waals surface area contributed by atoms with Gasteiger partial charge in [0.25, 0.3) is 15.6 Å². The van der Waals surface area contributed by atoms with Crippen molar-refractivity contribution in [1.82, 2.24) is 13.4 Å². The molecule has 2 aromatic carbocycles. The van der Waals surface area contributed by atoms with E-state index in [-0.39, 0.29) is 28.7 Å². The second-order valence-electron chi connectivity index (χ2n) is 14.5. The first kappa shape index (κ1) is 36.5. The minimum Gasteiger partial charge on any atom is -0.490 e. The van der Waals surface area contributed by atoms with Crippen molar-refractivity contribution in [3.63, 3.8) is 0 Å². The second-order valence-corrected chi connectivity index (χ2v) is 16.3. The molecule has 1 aliphatic carbocycles. The summed E-state index contributed by atoms with van der Waals surface area (Å²) in [6.07, 6.45) is 6.32. The average Bonchev–Trinajstić information content (AvgIpc) is 3.82. The molecule has 0 radical (unpaired) electrons. The zero-order valence-electron chi connectivity index (χ0n) is 30.0. The van der Waals surface area contributed by atoms with Crippen LogP contribution in [0.3, 0.4) is 0 Å². The van der Waals surface area contributed by atoms with Crippen molar-refractivity contribution in [2.45, 2.75) is 76.1 Å². The molecule has 2 N–H and O–H groups in total. The fraction of sp³-hybridized carbons (Fsp3) is 0.474. The van der Waals surface area contributed by atoms with Gasteiger partial charge >= 0.3 is 6.09 Å². The summed E-state index contributed by atoms with van der Waals surface area (Å²) in [7, 11) is -2.46. The van der Waals surface area contributed by atoms with E-state index in [0.29, 0.717) is 66.8 Å². The number of carbonyl (C=O) groups excluding carboxylic acids is 1. The fourth-order valence-electron chi connectivity index (χ4n) is 6.36. The van der Waals surface area contributed by atoms with Crippen LogP contribution in [0.25, 0.3) is 22.0 Å². The molecule has 13 heteroatoms. The molecule has 3 heterocycles. The number of nitrogens with zero attached hydrogens (tertiary/aromatic N) is 3. The number of rotatable bonds is 12. The Morgan fingerprint density at radius 1 is 0.980 bits per heavy atom. The van der Waals surface area contributed by atoms with Crippen LogP contribution in [0.2, 0.25) is 0 Å². The van der Waals surface area contributed by atoms with Crippen molar-refractivity contribution in [2.24, 2.45) is 13.0 Å². The van der Waals surface area contributed by atoms with Crippen LogP contribution in [0.4, 0.5) is 10.5 Å². The van der Waals surface area contributed by atoms with E-state index in [2.05, 4.69) is 0 Å². The molecule has 0 bridgehead atoms. The minimum atomic E-state index is -4.05. The minimum absolute atomic E-state index is 0.0404. The van der Waals surface area contributed by atoms with Crippen LogP contribution in [0, 0.1) is 12.8 Å². The number of hydrogen-bond acceptors (Lipinski definition) is 9. The number of likely N-dealkylation sites (tertiary alicyclic amines) is 1. The number of pyridine rings is 1. The Morgan fingerprint density at radius 2 is 1.69 bits per heavy atom. The van der Waals surface area contributed by atoms with Crippen molar-refractivity contribution in [3.05, 3.63) is 76.8 Å². The van der Waals surface area contributed by atoms with Crippen molar-refractivity contribution in [3.8, 4) is 16.9 Å². The van der Waals surface area contributed by atoms with Gasteiger partial charge < -0.3 is 34.1 Å². The Bertz CT molecular complexity index is 2040. The molecule has 2 fully saturated rings. The lowest BCUT2D eigenvalue weighted by Gasteiger charge is -2.33. The SMILES string of the molecule is Cc1ccc(S(=O)(=O)n2ccc3c(-c4cc(N)ccc4OCC(OCCOC4CCN(C(=O)OC(C)(C)C)CC4)C4CC4)cn(C)c(=O)c32)cc1. The monoisotopic (exact) mass is 720 g/mol. The van der Waals surface area contributed by atoms with Crippen LogP contribution in [0.5, 0.6) is 5.75 Å². The predicted octanol–water partition coefficient (Wildman–Crippen LogP) is 5.72. The molecule has 2 aromatic heterocycles. The number of aryl methyl sites for hydroxylation is 2. The molecule has 2 aliphatic rings. The molecule has 1 saturated carbocycles. The topological polar surface area (TPSA) is 144 Å². The lowest BCUT2D eigenvalue weighted by molar-refractivity contribution is -0.0552. The van der Waals surface area contributed by atoms with Crippen molar-refractivity contribution < 1.29 is 32.2 Å². The first-order valence-corrected chi connectivity index (χ1v) is 18.9. The number of carbonyl (C=O) groups is 1. The first-order chi connectivity index (χ1) is 24.2. The summed E-state index contributed by atoms with van der Waals surface area (Å²) in [6.45, 7) is 9.81. The zero-order chi connectivity index (χ0) is 36.5. The molecule has 0 spiro atoms. The number of hydrogen-bond donors (Lipinski definition) is 1. The van der Waals surface area contributed by atoms with E-state index in [1.807, 2.05) is 27.7 Å². The third-order valence-electron chi connectivity index (χ3n) is 9.27. The molecule has 1 saturated heterocycles. The van der Waals surface area contributed by atoms with Gasteiger partial charge in [0.05, 0.1) is 30.3 Å². The number of anilines is 1. The van der Waals surface area contributed by atoms with Gasteiger partial charge in [-0.25, -0.2) is 17.2 Å². The third-order valence-corrected chi connectivity index (χ3v) is 11.0. The smallest absolute Gasteiger partial charge is 0.410 e. The lowest BCUT2D eigenvalue weighted by atomic mass is 10.0. The summed E-state index contributed by atoms with van der Waals surface area (Å²) >= 11 is 0. The quantitative estimate of drug-likeness (QED) is 0.143. The van der Waals surface area contributed by atoms with Crippen LogP contribution >= 0.6 is 0 Å². The summed E-state index contributed by atoms with van der Waals surface area (Å²) in [6, 6.07) is 13.5. The van der Waals surface area contributed by atoms with E-state index in [9.17, 15) is 18.0 Å². The van der Waals surface area contributed by atoms with E-state index in [4.69, 9.17) is 24.7 Å². The van der Waals surface area contributed by atoms with Gasteiger partial charge in [0, 0.05) is 54.7 Å². The standard InChI is InChI=1S/C38H48N4O8S/c1-25-6-11-29(12-7-25)51(45,46)42-19-16-30-32(23-40(5)36(43)35(30)42)31-22-27(39)10-13-33(31)49-24-34(26-8-9-26)48-21-20-47-28-14-17-41(18-15-28)37(44)50-38(2,3)4/h6-7,10-13,16,19,22-23,26,28,34H,8-9,14-15,17-18,20-21,24,39H2,1-5H3. The number of nitrogens with two attached hydrogens (primary N) is 1. The molecule has 6 rings (SSSR count). The summed E-state index contributed by atoms with van der Waals surface area (Å²) in [5, 5.41) is 0.466. The molecular formula is C38H48N4O8S. The second kappa shape index (κ2) is 14.7. The molecule has 12 nitrogen and oxygen atoms in total. The number of aromatic nitrogens is 2. The molecule has 1 aliphatic heterocycles. The molecule has 1 atom stereocenters. The highest BCUT2D eigenvalue weighted by Crippen LogP contribution is 2.39. The van der Waals surface area contributed by atoms with Gasteiger partial charge in [-0.15, -0.1) is 0 Å². The van der Waals surface area contributed by atoms with E-state index < -0.39 is 21.2 Å². The van der Waals surface area contributed by atoms with E-state index in [1.54, 1.807) is 54.5 Å². The van der Waals surface area contributed by atoms with Crippen LogP contribution in [0.15, 0.2) is 70.6 Å². The van der Waals surface area contributed by atoms with Gasteiger partial charge in [0.15, 0.2) is 0 Å². The molecule has 274 valence electrons. The van der Waals surface area contributed by atoms with E-state index in [0.717, 1.165) is 35.2 Å². The van der Waals surface area contributed by atoms with Gasteiger partial charge in [-0.05, 0) is 95.7 Å². The van der Waals surface area contributed by atoms with Gasteiger partial charge in [0.1, 0.15) is 23.5 Å². The number of benzene rings is 2. The Balaban J connectivity index is 1.13. The Hall–Kier alpha value is -4.33. The highest BCUT2D eigenvalue weighted by atomic mass is 32.2. The van der Waals surface area contributed by atoms with Crippen molar-refractivity contribution in [2.75, 3.05) is 38.6 Å². The maximum absolute atomic E-state index is 13.7. The first-order valence-electron chi connectivity index (χ1n) is 17.5. The average molecular weight is 721 g/mol. The van der Waals surface area contributed by atoms with E-state index >= 15 is 0 Å². The number of fused-ring (bicyclic) bond motifs is 1. The fourth-order valence-corrected chi connectivity index (χ4v) is 7.70. The highest BCUT2D eigenvalue weighted by molar-refractivity contribution is 7.90. The van der Waals surface area contributed by atoms with Gasteiger partial charge in [0.2, 0.25) is 0 Å². The molecule has 51 heavy (non-hydrogen) atoms. The molecule has 1 unspecified atom stereocenters. The number of piperidine rings is 1. The summed E-state index contributed by atoms with van der Waals surface area (Å²) in [5.74, 6) is 0.921. The maximum Gasteiger partial charge on any atom is 0.410 e. The largest absolute Gasteiger partial charge is 0.490 e. The predicted molar refractivity (Wildman–Crippen MR) is 196 cm³/mol. The number of amides is 1. The van der Waals surface area contributed by atoms with Gasteiger partial charge in [-0.3, -0.25) is 4.79 Å². The summed E-state index contributed by atoms with van der Waals surface area (Å²) in [5.41, 5.74) is 8.00. The van der Waals surface area contributed by atoms with Crippen LogP contribution in [-0.2, 0) is 31.3 Å². The number of ether oxygens (including phenoxy) is 4. The Labute approximate surface area is 299 Å². The molecule has 1 amide bonds. The van der Waals surface area contributed by atoms with E-state index in [1.165, 1.54) is 22.9 Å². The van der Waals surface area contributed by atoms with Gasteiger partial charge in [-0.2, -0.15) is 0 Å². The Kier molecular flexibility index (Phi) is 10.5. The Morgan fingerprint density at radius 3 is 2.35 bits per heavy atom. The highest BCUT2D eigenvalue weighted by Gasteiger charge is 2.33. The summed E-state index contributed by atoms with van der Waals surface area (Å²) in [4.78, 5) is 27.7. The maximum atomic E-state index is 13.7. The molecule has 4 aromatic rings. The summed E-state index contributed by atoms with van der Waals surface area (Å²) < 4.78 is 54.1. The number of nitrogen functional groups attached to an aromatic ring is 1. The van der Waals surface area contributed by atoms with Gasteiger partial charge in [-0.1, -0.05) is 17.7 Å². The van der Waals surface area contributed by atoms with Crippen LogP contribution in [-0.4, -0.2) is 78.7 Å².